The lowest BCUT2D eigenvalue weighted by atomic mass is 10.00. The molecule has 1 aromatic carbocycles. The van der Waals surface area contributed by atoms with Crippen molar-refractivity contribution in [1.29, 1.82) is 0 Å². The van der Waals surface area contributed by atoms with Crippen LogP contribution in [0.5, 0.6) is 0 Å². The zero-order chi connectivity index (χ0) is 14.9. The molecular formula is C18H17ClN2S. The van der Waals surface area contributed by atoms with Crippen LogP contribution < -0.4 is 0 Å². The molecule has 112 valence electrons. The van der Waals surface area contributed by atoms with Gasteiger partial charge in [0, 0.05) is 36.4 Å². The molecule has 2 nitrogen and oxygen atoms in total. The summed E-state index contributed by atoms with van der Waals surface area (Å²) in [5, 5.41) is 2.96. The minimum absolute atomic E-state index is 0.295. The Labute approximate surface area is 139 Å². The van der Waals surface area contributed by atoms with Crippen molar-refractivity contribution < 1.29 is 0 Å². The van der Waals surface area contributed by atoms with Crippen LogP contribution in [0.15, 0.2) is 60.1 Å². The maximum atomic E-state index is 6.31. The summed E-state index contributed by atoms with van der Waals surface area (Å²) in [7, 11) is 0. The van der Waals surface area contributed by atoms with Gasteiger partial charge in [0.15, 0.2) is 0 Å². The summed E-state index contributed by atoms with van der Waals surface area (Å²) >= 11 is 8.05. The monoisotopic (exact) mass is 328 g/mol. The van der Waals surface area contributed by atoms with Crippen molar-refractivity contribution in [2.75, 3.05) is 6.54 Å². The van der Waals surface area contributed by atoms with Crippen molar-refractivity contribution in [1.82, 2.24) is 9.47 Å². The van der Waals surface area contributed by atoms with Crippen LogP contribution in [0.3, 0.4) is 0 Å². The Hall–Kier alpha value is -1.55. The van der Waals surface area contributed by atoms with Crippen molar-refractivity contribution in [2.45, 2.75) is 19.1 Å². The first kappa shape index (κ1) is 14.1. The summed E-state index contributed by atoms with van der Waals surface area (Å²) in [5.74, 6) is 0. The molecule has 0 spiro atoms. The normalized spacial score (nSPS) is 18.3. The lowest BCUT2D eigenvalue weighted by Gasteiger charge is -2.37. The third kappa shape index (κ3) is 2.50. The fourth-order valence-electron chi connectivity index (χ4n) is 3.24. The predicted octanol–water partition coefficient (Wildman–Crippen LogP) is 4.81. The van der Waals surface area contributed by atoms with Crippen molar-refractivity contribution in [3.8, 4) is 0 Å². The molecule has 0 radical (unpaired) electrons. The molecule has 0 aliphatic carbocycles. The smallest absolute Gasteiger partial charge is 0.0759 e. The van der Waals surface area contributed by atoms with E-state index < -0.39 is 0 Å². The highest BCUT2D eigenvalue weighted by molar-refractivity contribution is 7.10. The molecule has 22 heavy (non-hydrogen) atoms. The Balaban J connectivity index is 1.73. The molecule has 4 rings (SSSR count). The second-order valence-electron chi connectivity index (χ2n) is 5.60. The molecule has 1 unspecified atom stereocenters. The summed E-state index contributed by atoms with van der Waals surface area (Å²) in [6.07, 6.45) is 2.18. The highest BCUT2D eigenvalue weighted by Gasteiger charge is 2.29. The molecule has 0 bridgehead atoms. The van der Waals surface area contributed by atoms with Crippen LogP contribution in [0.4, 0.5) is 0 Å². The summed E-state index contributed by atoms with van der Waals surface area (Å²) in [6, 6.07) is 17.4. The van der Waals surface area contributed by atoms with Gasteiger partial charge in [0.25, 0.3) is 0 Å². The SMILES string of the molecule is Clc1ccsc1CN1CCn2cccc2C1c1ccccc1. The largest absolute Gasteiger partial charge is 0.348 e. The number of hydrogen-bond donors (Lipinski definition) is 0. The second-order valence-corrected chi connectivity index (χ2v) is 7.01. The number of thiophene rings is 1. The van der Waals surface area contributed by atoms with Crippen molar-refractivity contribution in [3.63, 3.8) is 0 Å². The summed E-state index contributed by atoms with van der Waals surface area (Å²) in [6.45, 7) is 2.98. The van der Waals surface area contributed by atoms with E-state index in [1.165, 1.54) is 16.1 Å². The molecular weight excluding hydrogens is 312 g/mol. The van der Waals surface area contributed by atoms with Gasteiger partial charge in [-0.25, -0.2) is 0 Å². The fraction of sp³-hybridized carbons (Fsp3) is 0.222. The third-order valence-corrected chi connectivity index (χ3v) is 5.66. The lowest BCUT2D eigenvalue weighted by Crippen LogP contribution is -2.37. The maximum Gasteiger partial charge on any atom is 0.0759 e. The Morgan fingerprint density at radius 2 is 1.91 bits per heavy atom. The van der Waals surface area contributed by atoms with Gasteiger partial charge < -0.3 is 4.57 Å². The van der Waals surface area contributed by atoms with Gasteiger partial charge in [-0.2, -0.15) is 0 Å². The molecule has 0 saturated carbocycles. The minimum atomic E-state index is 0.295. The van der Waals surface area contributed by atoms with Crippen LogP contribution in [0.2, 0.25) is 5.02 Å². The van der Waals surface area contributed by atoms with Gasteiger partial charge in [0.1, 0.15) is 0 Å². The van der Waals surface area contributed by atoms with E-state index in [0.29, 0.717) is 6.04 Å². The highest BCUT2D eigenvalue weighted by atomic mass is 35.5. The Morgan fingerprint density at radius 3 is 2.68 bits per heavy atom. The Kier molecular flexibility index (Phi) is 3.78. The number of hydrogen-bond acceptors (Lipinski definition) is 2. The quantitative estimate of drug-likeness (QED) is 0.670. The summed E-state index contributed by atoms with van der Waals surface area (Å²) in [5.41, 5.74) is 2.71. The van der Waals surface area contributed by atoms with Gasteiger partial charge in [-0.15, -0.1) is 11.3 Å². The van der Waals surface area contributed by atoms with Crippen LogP contribution in [0.25, 0.3) is 0 Å². The van der Waals surface area contributed by atoms with E-state index in [1.807, 2.05) is 6.07 Å². The summed E-state index contributed by atoms with van der Waals surface area (Å²) in [4.78, 5) is 3.78. The van der Waals surface area contributed by atoms with E-state index in [1.54, 1.807) is 11.3 Å². The molecule has 3 aromatic rings. The zero-order valence-corrected chi connectivity index (χ0v) is 13.7. The summed E-state index contributed by atoms with van der Waals surface area (Å²) < 4.78 is 2.37. The number of benzene rings is 1. The number of aromatic nitrogens is 1. The first-order valence-corrected chi connectivity index (χ1v) is 8.74. The molecule has 0 N–H and O–H groups in total. The van der Waals surface area contributed by atoms with E-state index in [0.717, 1.165) is 24.7 Å². The van der Waals surface area contributed by atoms with Gasteiger partial charge in [-0.05, 0) is 29.1 Å². The standard InChI is InChI=1S/C18H17ClN2S/c19-15-8-12-22-17(15)13-21-11-10-20-9-4-7-16(20)18(21)14-5-2-1-3-6-14/h1-9,12,18H,10-11,13H2. The van der Waals surface area contributed by atoms with Gasteiger partial charge in [-0.3, -0.25) is 4.90 Å². The predicted molar refractivity (Wildman–Crippen MR) is 92.5 cm³/mol. The van der Waals surface area contributed by atoms with Crippen molar-refractivity contribution in [3.05, 3.63) is 81.3 Å². The van der Waals surface area contributed by atoms with Crippen molar-refractivity contribution in [2.24, 2.45) is 0 Å². The van der Waals surface area contributed by atoms with Crippen LogP contribution in [0.1, 0.15) is 22.2 Å². The molecule has 1 aliphatic rings. The molecule has 0 amide bonds. The van der Waals surface area contributed by atoms with E-state index in [2.05, 4.69) is 63.5 Å². The average Bonchev–Trinajstić information content (AvgIpc) is 3.17. The number of rotatable bonds is 3. The van der Waals surface area contributed by atoms with Gasteiger partial charge in [-0.1, -0.05) is 41.9 Å². The molecule has 1 atom stereocenters. The number of halogens is 1. The maximum absolute atomic E-state index is 6.31. The minimum Gasteiger partial charge on any atom is -0.348 e. The Bertz CT molecular complexity index is 762. The molecule has 4 heteroatoms. The molecule has 2 aromatic heterocycles. The van der Waals surface area contributed by atoms with Gasteiger partial charge in [0.2, 0.25) is 0 Å². The van der Waals surface area contributed by atoms with Crippen LogP contribution >= 0.6 is 22.9 Å². The Morgan fingerprint density at radius 1 is 1.05 bits per heavy atom. The van der Waals surface area contributed by atoms with E-state index in [4.69, 9.17) is 11.6 Å². The van der Waals surface area contributed by atoms with Crippen LogP contribution in [0, 0.1) is 0 Å². The highest BCUT2D eigenvalue weighted by Crippen LogP contribution is 2.35. The van der Waals surface area contributed by atoms with E-state index in [-0.39, 0.29) is 0 Å². The fourth-order valence-corrected chi connectivity index (χ4v) is 4.36. The number of fused-ring (bicyclic) bond motifs is 1. The second kappa shape index (κ2) is 5.92. The lowest BCUT2D eigenvalue weighted by molar-refractivity contribution is 0.176. The van der Waals surface area contributed by atoms with E-state index >= 15 is 0 Å². The third-order valence-electron chi connectivity index (χ3n) is 4.29. The van der Waals surface area contributed by atoms with Crippen molar-refractivity contribution >= 4 is 22.9 Å². The molecule has 3 heterocycles. The van der Waals surface area contributed by atoms with Crippen LogP contribution in [-0.2, 0) is 13.1 Å². The van der Waals surface area contributed by atoms with Crippen LogP contribution in [-0.4, -0.2) is 16.0 Å². The van der Waals surface area contributed by atoms with Gasteiger partial charge in [0.05, 0.1) is 11.1 Å². The molecule has 0 fully saturated rings. The number of nitrogens with zero attached hydrogens (tertiary/aromatic N) is 2. The van der Waals surface area contributed by atoms with E-state index in [9.17, 15) is 0 Å². The first-order chi connectivity index (χ1) is 10.8. The molecule has 0 saturated heterocycles. The zero-order valence-electron chi connectivity index (χ0n) is 12.2. The first-order valence-electron chi connectivity index (χ1n) is 7.49. The average molecular weight is 329 g/mol. The topological polar surface area (TPSA) is 8.17 Å². The van der Waals surface area contributed by atoms with Gasteiger partial charge >= 0.3 is 0 Å². The molecule has 1 aliphatic heterocycles.